The Balaban J connectivity index is 0. The largest absolute Gasteiger partial charge is 0.313 e. The summed E-state index contributed by atoms with van der Waals surface area (Å²) in [6, 6.07) is 0. The smallest absolute Gasteiger partial charge is 0.0161 e. The number of halogens is 1. The molecule has 62 valence electrons. The second-order valence-electron chi connectivity index (χ2n) is 2.31. The molecule has 2 heteroatoms. The monoisotopic (exact) mass is 163 g/mol. The fraction of sp³-hybridized carbons (Fsp3) is 0.750. The Kier molecular flexibility index (Phi) is 11.4. The molecule has 0 atom stereocenters. The van der Waals surface area contributed by atoms with Gasteiger partial charge in [0.1, 0.15) is 0 Å². The molecule has 0 bridgehead atoms. The summed E-state index contributed by atoms with van der Waals surface area (Å²) in [4.78, 5) is 0. The first-order chi connectivity index (χ1) is 4.31. The molecule has 0 heterocycles. The van der Waals surface area contributed by atoms with Crippen LogP contribution in [0.15, 0.2) is 11.6 Å². The minimum atomic E-state index is 0. The van der Waals surface area contributed by atoms with Gasteiger partial charge in [-0.15, -0.1) is 12.4 Å². The van der Waals surface area contributed by atoms with Crippen LogP contribution in [0.25, 0.3) is 0 Å². The second kappa shape index (κ2) is 8.99. The van der Waals surface area contributed by atoms with E-state index in [0.717, 1.165) is 13.1 Å². The van der Waals surface area contributed by atoms with Crippen LogP contribution >= 0.6 is 12.4 Å². The highest BCUT2D eigenvalue weighted by atomic mass is 35.5. The number of hydrogen-bond acceptors (Lipinski definition) is 1. The molecule has 1 N–H and O–H groups in total. The van der Waals surface area contributed by atoms with E-state index in [9.17, 15) is 0 Å². The molecule has 10 heavy (non-hydrogen) atoms. The van der Waals surface area contributed by atoms with Gasteiger partial charge in [0.05, 0.1) is 0 Å². The van der Waals surface area contributed by atoms with Crippen LogP contribution in [0.3, 0.4) is 0 Å². The molecular weight excluding hydrogens is 146 g/mol. The molecule has 0 spiro atoms. The van der Waals surface area contributed by atoms with Crippen molar-refractivity contribution in [2.75, 3.05) is 13.1 Å². The minimum absolute atomic E-state index is 0. The third-order valence-electron chi connectivity index (χ3n) is 1.32. The normalized spacial score (nSPS) is 10.9. The van der Waals surface area contributed by atoms with Crippen molar-refractivity contribution in [3.05, 3.63) is 11.6 Å². The lowest BCUT2D eigenvalue weighted by Gasteiger charge is -2.00. The third-order valence-corrected chi connectivity index (χ3v) is 1.32. The van der Waals surface area contributed by atoms with Crippen molar-refractivity contribution in [1.29, 1.82) is 0 Å². The van der Waals surface area contributed by atoms with E-state index in [-0.39, 0.29) is 12.4 Å². The Morgan fingerprint density at radius 1 is 1.50 bits per heavy atom. The summed E-state index contributed by atoms with van der Waals surface area (Å²) in [5.74, 6) is 0. The molecule has 0 rings (SSSR count). The van der Waals surface area contributed by atoms with Crippen molar-refractivity contribution in [1.82, 2.24) is 5.32 Å². The van der Waals surface area contributed by atoms with Gasteiger partial charge in [0.25, 0.3) is 0 Å². The number of allylic oxidation sites excluding steroid dienone is 1. The first-order valence-electron chi connectivity index (χ1n) is 3.63. The highest BCUT2D eigenvalue weighted by molar-refractivity contribution is 5.85. The van der Waals surface area contributed by atoms with Gasteiger partial charge < -0.3 is 5.32 Å². The van der Waals surface area contributed by atoms with Gasteiger partial charge >= 0.3 is 0 Å². The lowest BCUT2D eigenvalue weighted by Crippen LogP contribution is -2.16. The van der Waals surface area contributed by atoms with E-state index in [0.29, 0.717) is 0 Å². The average molecular weight is 164 g/mol. The molecule has 1 nitrogen and oxygen atoms in total. The molecule has 0 saturated carbocycles. The molecule has 0 radical (unpaired) electrons. The van der Waals surface area contributed by atoms with Crippen LogP contribution in [0.1, 0.15) is 27.2 Å². The average Bonchev–Trinajstić information content (AvgIpc) is 1.89. The summed E-state index contributed by atoms with van der Waals surface area (Å²) in [7, 11) is 0. The van der Waals surface area contributed by atoms with E-state index in [1.165, 1.54) is 12.0 Å². The van der Waals surface area contributed by atoms with Crippen molar-refractivity contribution < 1.29 is 0 Å². The number of hydrogen-bond donors (Lipinski definition) is 1. The van der Waals surface area contributed by atoms with Crippen LogP contribution in [0.2, 0.25) is 0 Å². The van der Waals surface area contributed by atoms with Crippen LogP contribution < -0.4 is 5.32 Å². The fourth-order valence-corrected chi connectivity index (χ4v) is 0.564. The van der Waals surface area contributed by atoms with Gasteiger partial charge in [0.2, 0.25) is 0 Å². The third kappa shape index (κ3) is 7.99. The molecule has 0 aromatic carbocycles. The van der Waals surface area contributed by atoms with Crippen molar-refractivity contribution >= 4 is 12.4 Å². The van der Waals surface area contributed by atoms with Gasteiger partial charge in [-0.3, -0.25) is 0 Å². The lowest BCUT2D eigenvalue weighted by molar-refractivity contribution is 0.713. The van der Waals surface area contributed by atoms with E-state index in [2.05, 4.69) is 32.2 Å². The predicted octanol–water partition coefficient (Wildman–Crippen LogP) is 2.37. The van der Waals surface area contributed by atoms with Crippen molar-refractivity contribution in [3.63, 3.8) is 0 Å². The lowest BCUT2D eigenvalue weighted by atomic mass is 10.3. The van der Waals surface area contributed by atoms with Crippen LogP contribution in [-0.2, 0) is 0 Å². The number of rotatable bonds is 4. The van der Waals surface area contributed by atoms with Gasteiger partial charge in [0, 0.05) is 6.54 Å². The first kappa shape index (κ1) is 12.6. The van der Waals surface area contributed by atoms with E-state index in [4.69, 9.17) is 0 Å². The first-order valence-corrected chi connectivity index (χ1v) is 3.63. The Morgan fingerprint density at radius 3 is 2.50 bits per heavy atom. The van der Waals surface area contributed by atoms with E-state index in [1.807, 2.05) is 0 Å². The second-order valence-corrected chi connectivity index (χ2v) is 2.31. The van der Waals surface area contributed by atoms with Crippen LogP contribution in [0, 0.1) is 0 Å². The Bertz CT molecular complexity index is 89.3. The minimum Gasteiger partial charge on any atom is -0.313 e. The molecule has 0 fully saturated rings. The van der Waals surface area contributed by atoms with Crippen LogP contribution in [-0.4, -0.2) is 13.1 Å². The van der Waals surface area contributed by atoms with Crippen LogP contribution in [0.5, 0.6) is 0 Å². The summed E-state index contributed by atoms with van der Waals surface area (Å²) < 4.78 is 0. The molecule has 0 aliphatic carbocycles. The van der Waals surface area contributed by atoms with Crippen LogP contribution in [0.4, 0.5) is 0 Å². The zero-order valence-corrected chi connectivity index (χ0v) is 7.92. The maximum atomic E-state index is 3.32. The molecule has 0 aliphatic heterocycles. The molecule has 0 amide bonds. The number of nitrogens with one attached hydrogen (secondary N) is 1. The maximum Gasteiger partial charge on any atom is 0.0161 e. The van der Waals surface area contributed by atoms with Crippen molar-refractivity contribution in [3.8, 4) is 0 Å². The summed E-state index contributed by atoms with van der Waals surface area (Å²) in [6.45, 7) is 8.57. The predicted molar refractivity (Wildman–Crippen MR) is 49.8 cm³/mol. The molecule has 0 unspecified atom stereocenters. The molecule has 0 saturated heterocycles. The summed E-state index contributed by atoms with van der Waals surface area (Å²) >= 11 is 0. The summed E-state index contributed by atoms with van der Waals surface area (Å²) in [6.07, 6.45) is 3.36. The quantitative estimate of drug-likeness (QED) is 0.496. The summed E-state index contributed by atoms with van der Waals surface area (Å²) in [5.41, 5.74) is 1.42. The van der Waals surface area contributed by atoms with Crippen molar-refractivity contribution in [2.45, 2.75) is 27.2 Å². The molecule has 0 aliphatic rings. The van der Waals surface area contributed by atoms with Gasteiger partial charge in [-0.25, -0.2) is 0 Å². The molecule has 0 aromatic heterocycles. The Hall–Kier alpha value is -0.0100. The van der Waals surface area contributed by atoms with E-state index >= 15 is 0 Å². The van der Waals surface area contributed by atoms with Gasteiger partial charge in [-0.2, -0.15) is 0 Å². The Morgan fingerprint density at radius 2 is 2.10 bits per heavy atom. The van der Waals surface area contributed by atoms with Gasteiger partial charge in [-0.05, 0) is 26.8 Å². The standard InChI is InChI=1S/C8H17N.ClH/c1-4-6-9-7-8(3)5-2;/h5,9H,4,6-7H2,1-3H3;1H. The topological polar surface area (TPSA) is 12.0 Å². The van der Waals surface area contributed by atoms with Crippen molar-refractivity contribution in [2.24, 2.45) is 0 Å². The zero-order valence-electron chi connectivity index (χ0n) is 7.11. The van der Waals surface area contributed by atoms with Gasteiger partial charge in [-0.1, -0.05) is 18.6 Å². The molecule has 0 aromatic rings. The summed E-state index contributed by atoms with van der Waals surface area (Å²) in [5, 5.41) is 3.32. The fourth-order valence-electron chi connectivity index (χ4n) is 0.564. The van der Waals surface area contributed by atoms with Gasteiger partial charge in [0.15, 0.2) is 0 Å². The maximum absolute atomic E-state index is 3.32. The highest BCUT2D eigenvalue weighted by Crippen LogP contribution is 1.86. The Labute approximate surface area is 70.3 Å². The van der Waals surface area contributed by atoms with E-state index in [1.54, 1.807) is 0 Å². The molecular formula is C8H18ClN. The SMILES string of the molecule is CC=C(C)CNCCC.Cl. The van der Waals surface area contributed by atoms with E-state index < -0.39 is 0 Å². The zero-order chi connectivity index (χ0) is 7.11. The highest BCUT2D eigenvalue weighted by Gasteiger charge is 1.84.